The smallest absolute Gasteiger partial charge is 0.152 e. The number of fused-ring (bicyclic) bond motifs is 1. The number of nitrogens with zero attached hydrogens (tertiary/aromatic N) is 5. The van der Waals surface area contributed by atoms with Crippen LogP contribution in [-0.4, -0.2) is 46.5 Å². The van der Waals surface area contributed by atoms with Gasteiger partial charge in [0.05, 0.1) is 11.2 Å². The minimum Gasteiger partial charge on any atom is -0.361 e. The molecular weight excluding hydrogens is 310 g/mol. The summed E-state index contributed by atoms with van der Waals surface area (Å²) >= 11 is 0. The SMILES string of the molecule is CN(C)c1nc([C@H]2CCCN(Cc3cccnc3)C2)cn2cccc12. The molecule has 3 aromatic rings. The Labute approximate surface area is 148 Å². The number of aromatic nitrogens is 3. The van der Waals surface area contributed by atoms with Crippen molar-refractivity contribution in [1.82, 2.24) is 19.3 Å². The molecule has 4 heterocycles. The van der Waals surface area contributed by atoms with Crippen LogP contribution in [0.25, 0.3) is 5.52 Å². The van der Waals surface area contributed by atoms with Crippen molar-refractivity contribution >= 4 is 11.3 Å². The molecule has 0 aromatic carbocycles. The van der Waals surface area contributed by atoms with Crippen molar-refractivity contribution in [3.63, 3.8) is 0 Å². The molecule has 0 radical (unpaired) electrons. The lowest BCUT2D eigenvalue weighted by molar-refractivity contribution is 0.198. The van der Waals surface area contributed by atoms with Gasteiger partial charge in [0.1, 0.15) is 0 Å². The lowest BCUT2D eigenvalue weighted by atomic mass is 9.94. The van der Waals surface area contributed by atoms with Crippen LogP contribution >= 0.6 is 0 Å². The number of pyridine rings is 1. The van der Waals surface area contributed by atoms with Crippen LogP contribution in [-0.2, 0) is 6.54 Å². The number of anilines is 1. The monoisotopic (exact) mass is 335 g/mol. The Morgan fingerprint density at radius 3 is 2.96 bits per heavy atom. The summed E-state index contributed by atoms with van der Waals surface area (Å²) in [6, 6.07) is 8.39. The van der Waals surface area contributed by atoms with Gasteiger partial charge in [0.15, 0.2) is 5.82 Å². The number of hydrogen-bond acceptors (Lipinski definition) is 4. The first kappa shape index (κ1) is 16.1. The summed E-state index contributed by atoms with van der Waals surface area (Å²) in [6.07, 6.45) is 10.5. The van der Waals surface area contributed by atoms with E-state index >= 15 is 0 Å². The molecule has 0 bridgehead atoms. The molecule has 1 atom stereocenters. The highest BCUT2D eigenvalue weighted by Crippen LogP contribution is 2.29. The first-order chi connectivity index (χ1) is 12.2. The van der Waals surface area contributed by atoms with E-state index in [-0.39, 0.29) is 0 Å². The molecule has 130 valence electrons. The lowest BCUT2D eigenvalue weighted by Gasteiger charge is -2.32. The van der Waals surface area contributed by atoms with E-state index in [0.717, 1.165) is 31.0 Å². The van der Waals surface area contributed by atoms with Crippen LogP contribution in [0.1, 0.15) is 30.0 Å². The van der Waals surface area contributed by atoms with Gasteiger partial charge in [-0.2, -0.15) is 0 Å². The van der Waals surface area contributed by atoms with Crippen LogP contribution in [0.15, 0.2) is 49.1 Å². The third-order valence-electron chi connectivity index (χ3n) is 4.99. The Bertz CT molecular complexity index is 840. The fraction of sp³-hybridized carbons (Fsp3) is 0.400. The second-order valence-electron chi connectivity index (χ2n) is 7.12. The highest BCUT2D eigenvalue weighted by atomic mass is 15.2. The number of likely N-dealkylation sites (tertiary alicyclic amines) is 1. The highest BCUT2D eigenvalue weighted by Gasteiger charge is 2.24. The van der Waals surface area contributed by atoms with Gasteiger partial charge in [0, 0.05) is 57.9 Å². The molecule has 0 saturated carbocycles. The van der Waals surface area contributed by atoms with Gasteiger partial charge in [-0.25, -0.2) is 4.98 Å². The summed E-state index contributed by atoms with van der Waals surface area (Å²) in [5.74, 6) is 1.53. The average molecular weight is 335 g/mol. The molecule has 0 unspecified atom stereocenters. The van der Waals surface area contributed by atoms with Gasteiger partial charge in [-0.1, -0.05) is 6.07 Å². The zero-order valence-electron chi connectivity index (χ0n) is 15.0. The summed E-state index contributed by atoms with van der Waals surface area (Å²) in [7, 11) is 4.13. The summed E-state index contributed by atoms with van der Waals surface area (Å²) in [5.41, 5.74) is 3.64. The predicted molar refractivity (Wildman–Crippen MR) is 101 cm³/mol. The molecule has 0 amide bonds. The van der Waals surface area contributed by atoms with Crippen LogP contribution in [0, 0.1) is 0 Å². The number of piperidine rings is 1. The Morgan fingerprint density at radius 2 is 2.16 bits per heavy atom. The van der Waals surface area contributed by atoms with Crippen LogP contribution < -0.4 is 4.90 Å². The molecule has 1 aliphatic rings. The van der Waals surface area contributed by atoms with Gasteiger partial charge < -0.3 is 9.30 Å². The maximum absolute atomic E-state index is 5.00. The van der Waals surface area contributed by atoms with Crippen molar-refractivity contribution in [2.75, 3.05) is 32.1 Å². The second-order valence-corrected chi connectivity index (χ2v) is 7.12. The van der Waals surface area contributed by atoms with Crippen LogP contribution in [0.2, 0.25) is 0 Å². The second kappa shape index (κ2) is 6.84. The maximum Gasteiger partial charge on any atom is 0.152 e. The van der Waals surface area contributed by atoms with Crippen LogP contribution in [0.3, 0.4) is 0 Å². The van der Waals surface area contributed by atoms with Gasteiger partial charge in [0.2, 0.25) is 0 Å². The Hall–Kier alpha value is -2.40. The standard InChI is InChI=1S/C20H25N5/c1-23(2)20-19-8-5-11-25(19)15-18(22-20)17-7-4-10-24(14-17)13-16-6-3-9-21-12-16/h3,5-6,8-9,11-12,15,17H,4,7,10,13-14H2,1-2H3/t17-/m0/s1. The first-order valence-electron chi connectivity index (χ1n) is 8.97. The molecule has 0 aliphatic carbocycles. The topological polar surface area (TPSA) is 36.7 Å². The normalized spacial score (nSPS) is 18.6. The zero-order valence-corrected chi connectivity index (χ0v) is 15.0. The van der Waals surface area contributed by atoms with Crippen molar-refractivity contribution in [2.45, 2.75) is 25.3 Å². The minimum atomic E-state index is 0.482. The van der Waals surface area contributed by atoms with E-state index in [1.165, 1.54) is 24.1 Å². The van der Waals surface area contributed by atoms with Crippen LogP contribution in [0.5, 0.6) is 0 Å². The van der Waals surface area contributed by atoms with Crippen molar-refractivity contribution in [3.05, 3.63) is 60.3 Å². The molecule has 5 nitrogen and oxygen atoms in total. The Balaban J connectivity index is 1.57. The summed E-state index contributed by atoms with van der Waals surface area (Å²) in [5, 5.41) is 0. The van der Waals surface area contributed by atoms with E-state index in [0.29, 0.717) is 5.92 Å². The summed E-state index contributed by atoms with van der Waals surface area (Å²) in [4.78, 5) is 13.9. The van der Waals surface area contributed by atoms with E-state index in [4.69, 9.17) is 4.98 Å². The third kappa shape index (κ3) is 3.37. The predicted octanol–water partition coefficient (Wildman–Crippen LogP) is 3.17. The zero-order chi connectivity index (χ0) is 17.2. The van der Waals surface area contributed by atoms with E-state index in [1.54, 1.807) is 0 Å². The van der Waals surface area contributed by atoms with Gasteiger partial charge >= 0.3 is 0 Å². The number of rotatable bonds is 4. The Morgan fingerprint density at radius 1 is 1.24 bits per heavy atom. The maximum atomic E-state index is 5.00. The third-order valence-corrected chi connectivity index (χ3v) is 4.99. The van der Waals surface area contributed by atoms with Crippen molar-refractivity contribution < 1.29 is 0 Å². The van der Waals surface area contributed by atoms with Gasteiger partial charge in [0.25, 0.3) is 0 Å². The van der Waals surface area contributed by atoms with Crippen LogP contribution in [0.4, 0.5) is 5.82 Å². The molecule has 1 saturated heterocycles. The minimum absolute atomic E-state index is 0.482. The van der Waals surface area contributed by atoms with Crippen molar-refractivity contribution in [1.29, 1.82) is 0 Å². The van der Waals surface area contributed by atoms with E-state index in [2.05, 4.69) is 63.9 Å². The molecule has 0 N–H and O–H groups in total. The summed E-state index contributed by atoms with van der Waals surface area (Å²) < 4.78 is 2.21. The molecule has 1 fully saturated rings. The van der Waals surface area contributed by atoms with E-state index in [9.17, 15) is 0 Å². The largest absolute Gasteiger partial charge is 0.361 e. The molecule has 25 heavy (non-hydrogen) atoms. The quantitative estimate of drug-likeness (QED) is 0.734. The molecule has 0 spiro atoms. The van der Waals surface area contributed by atoms with Gasteiger partial charge in [-0.15, -0.1) is 0 Å². The van der Waals surface area contributed by atoms with Gasteiger partial charge in [-0.3, -0.25) is 9.88 Å². The molecular formula is C20H25N5. The average Bonchev–Trinajstić information content (AvgIpc) is 3.10. The number of hydrogen-bond donors (Lipinski definition) is 0. The molecule has 3 aromatic heterocycles. The Kier molecular flexibility index (Phi) is 4.40. The van der Waals surface area contributed by atoms with E-state index in [1.807, 2.05) is 18.5 Å². The van der Waals surface area contributed by atoms with Gasteiger partial charge in [-0.05, 0) is 43.1 Å². The van der Waals surface area contributed by atoms with Crippen molar-refractivity contribution in [2.24, 2.45) is 0 Å². The molecule has 4 rings (SSSR count). The fourth-order valence-corrected chi connectivity index (χ4v) is 3.76. The van der Waals surface area contributed by atoms with E-state index < -0.39 is 0 Å². The lowest BCUT2D eigenvalue weighted by Crippen LogP contribution is -2.34. The first-order valence-corrected chi connectivity index (χ1v) is 8.97. The molecule has 1 aliphatic heterocycles. The summed E-state index contributed by atoms with van der Waals surface area (Å²) in [6.45, 7) is 3.18. The highest BCUT2D eigenvalue weighted by molar-refractivity contribution is 5.69. The van der Waals surface area contributed by atoms with Crippen molar-refractivity contribution in [3.8, 4) is 0 Å². The molecule has 5 heteroatoms. The fourth-order valence-electron chi connectivity index (χ4n) is 3.76.